The van der Waals surface area contributed by atoms with Gasteiger partial charge in [-0.25, -0.2) is 14.4 Å². The number of halogens is 1. The second-order valence-corrected chi connectivity index (χ2v) is 8.76. The zero-order valence-corrected chi connectivity index (χ0v) is 16.8. The zero-order chi connectivity index (χ0) is 20.3. The van der Waals surface area contributed by atoms with E-state index in [-0.39, 0.29) is 35.7 Å². The maximum atomic E-state index is 13.4. The molecule has 5 nitrogen and oxygen atoms in total. The van der Waals surface area contributed by atoms with E-state index in [0.29, 0.717) is 19.4 Å². The van der Waals surface area contributed by atoms with E-state index in [1.165, 1.54) is 12.1 Å². The van der Waals surface area contributed by atoms with Crippen LogP contribution in [0.4, 0.5) is 4.39 Å². The van der Waals surface area contributed by atoms with E-state index in [9.17, 15) is 14.6 Å². The van der Waals surface area contributed by atoms with Crippen molar-refractivity contribution in [2.24, 2.45) is 11.8 Å². The molecule has 1 saturated carbocycles. The van der Waals surface area contributed by atoms with Crippen LogP contribution in [0.1, 0.15) is 44.3 Å². The summed E-state index contributed by atoms with van der Waals surface area (Å²) in [5, 5.41) is 23.7. The van der Waals surface area contributed by atoms with Gasteiger partial charge < -0.3 is 15.5 Å². The third kappa shape index (κ3) is 4.93. The van der Waals surface area contributed by atoms with Crippen molar-refractivity contribution in [3.05, 3.63) is 59.4 Å². The molecule has 1 aromatic carbocycles. The maximum Gasteiger partial charge on any atom is 0.133 e. The Morgan fingerprint density at radius 3 is 2.68 bits per heavy atom. The van der Waals surface area contributed by atoms with Gasteiger partial charge in [0.2, 0.25) is 0 Å². The minimum atomic E-state index is -0.566. The molecule has 1 aromatic heterocycles. The van der Waals surface area contributed by atoms with Crippen LogP contribution in [-0.2, 0) is 18.4 Å². The fourth-order valence-corrected chi connectivity index (χ4v) is 3.99. The van der Waals surface area contributed by atoms with Gasteiger partial charge in [0, 0.05) is 42.4 Å². The van der Waals surface area contributed by atoms with Crippen LogP contribution >= 0.6 is 0 Å². The second-order valence-electron chi connectivity index (χ2n) is 8.76. The Balaban J connectivity index is 1.75. The number of aromatic nitrogens is 2. The average Bonchev–Trinajstić information content (AvgIpc) is 2.94. The van der Waals surface area contributed by atoms with Crippen LogP contribution in [0.5, 0.6) is 0 Å². The van der Waals surface area contributed by atoms with E-state index in [0.717, 1.165) is 17.1 Å². The Morgan fingerprint density at radius 1 is 1.21 bits per heavy atom. The molecule has 0 aliphatic heterocycles. The first kappa shape index (κ1) is 20.8. The summed E-state index contributed by atoms with van der Waals surface area (Å²) in [6.07, 6.45) is 2.41. The molecule has 28 heavy (non-hydrogen) atoms. The average molecular weight is 387 g/mol. The lowest BCUT2D eigenvalue weighted by molar-refractivity contribution is 0.0715. The lowest BCUT2D eigenvalue weighted by atomic mass is 9.88. The minimum Gasteiger partial charge on any atom is -0.396 e. The molecule has 0 saturated heterocycles. The second kappa shape index (κ2) is 8.64. The molecule has 0 unspecified atom stereocenters. The highest BCUT2D eigenvalue weighted by molar-refractivity contribution is 5.17. The largest absolute Gasteiger partial charge is 0.396 e. The Morgan fingerprint density at radius 2 is 2.00 bits per heavy atom. The molecule has 0 bridgehead atoms. The highest BCUT2D eigenvalue weighted by Crippen LogP contribution is 2.35. The molecule has 3 N–H and O–H groups in total. The van der Waals surface area contributed by atoms with Crippen LogP contribution in [0.3, 0.4) is 0 Å². The normalized spacial score (nSPS) is 25.2. The van der Waals surface area contributed by atoms with Gasteiger partial charge in [0.25, 0.3) is 0 Å². The summed E-state index contributed by atoms with van der Waals surface area (Å²) in [5.41, 5.74) is 1.63. The number of hydrogen-bond acceptors (Lipinski definition) is 5. The van der Waals surface area contributed by atoms with Crippen LogP contribution in [0.2, 0.25) is 0 Å². The Labute approximate surface area is 166 Å². The molecule has 1 heterocycles. The Kier molecular flexibility index (Phi) is 6.43. The zero-order valence-electron chi connectivity index (χ0n) is 16.8. The lowest BCUT2D eigenvalue weighted by Crippen LogP contribution is -2.36. The predicted octanol–water partition coefficient (Wildman–Crippen LogP) is 2.60. The van der Waals surface area contributed by atoms with E-state index in [1.54, 1.807) is 12.3 Å². The number of aliphatic hydroxyl groups excluding tert-OH is 2. The molecule has 152 valence electrons. The predicted molar refractivity (Wildman–Crippen MR) is 106 cm³/mol. The third-order valence-corrected chi connectivity index (χ3v) is 5.55. The van der Waals surface area contributed by atoms with Crippen LogP contribution < -0.4 is 5.32 Å². The van der Waals surface area contributed by atoms with Gasteiger partial charge in [-0.05, 0) is 42.5 Å². The van der Waals surface area contributed by atoms with Crippen LogP contribution in [0.25, 0.3) is 0 Å². The van der Waals surface area contributed by atoms with Crippen LogP contribution in [0.15, 0.2) is 36.5 Å². The maximum absolute atomic E-state index is 13.4. The summed E-state index contributed by atoms with van der Waals surface area (Å²) < 4.78 is 13.4. The minimum absolute atomic E-state index is 0.0171. The molecular weight excluding hydrogens is 357 g/mol. The summed E-state index contributed by atoms with van der Waals surface area (Å²) in [6, 6.07) is 8.42. The number of nitrogens with one attached hydrogen (secondary N) is 1. The highest BCUT2D eigenvalue weighted by Gasteiger charge is 2.42. The van der Waals surface area contributed by atoms with Gasteiger partial charge in [-0.2, -0.15) is 0 Å². The molecule has 6 heteroatoms. The van der Waals surface area contributed by atoms with E-state index in [1.807, 2.05) is 12.1 Å². The van der Waals surface area contributed by atoms with E-state index in [2.05, 4.69) is 31.1 Å². The molecular formula is C22H30FN3O2. The fourth-order valence-electron chi connectivity index (χ4n) is 3.99. The quantitative estimate of drug-likeness (QED) is 0.710. The van der Waals surface area contributed by atoms with Gasteiger partial charge in [0.15, 0.2) is 0 Å². The molecule has 0 amide bonds. The van der Waals surface area contributed by atoms with Crippen molar-refractivity contribution < 1.29 is 14.6 Å². The molecule has 3 rings (SSSR count). The number of aliphatic hydroxyl groups is 2. The first-order valence-electron chi connectivity index (χ1n) is 9.87. The SMILES string of the molecule is CC(C)(C)c1nccc(C[C@@H]2[C@@H](CO)[C@H](O)C[C@H]2NCc2cccc(F)c2)n1. The molecule has 2 aromatic rings. The smallest absolute Gasteiger partial charge is 0.133 e. The summed E-state index contributed by atoms with van der Waals surface area (Å²) in [4.78, 5) is 9.10. The fraction of sp³-hybridized carbons (Fsp3) is 0.545. The van der Waals surface area contributed by atoms with Crippen molar-refractivity contribution in [1.29, 1.82) is 0 Å². The van der Waals surface area contributed by atoms with Crippen molar-refractivity contribution in [2.45, 2.75) is 57.7 Å². The van der Waals surface area contributed by atoms with Gasteiger partial charge in [-0.3, -0.25) is 0 Å². The molecule has 1 aliphatic carbocycles. The molecule has 1 aliphatic rings. The Hall–Kier alpha value is -1.89. The van der Waals surface area contributed by atoms with Crippen LogP contribution in [0, 0.1) is 17.7 Å². The monoisotopic (exact) mass is 387 g/mol. The summed E-state index contributed by atoms with van der Waals surface area (Å²) in [6.45, 7) is 6.67. The van der Waals surface area contributed by atoms with Crippen molar-refractivity contribution in [1.82, 2.24) is 15.3 Å². The van der Waals surface area contributed by atoms with Crippen LogP contribution in [-0.4, -0.2) is 38.9 Å². The summed E-state index contributed by atoms with van der Waals surface area (Å²) in [5.74, 6) is 0.355. The standard InChI is InChI=1S/C22H30FN3O2/c1-22(2,3)21-24-8-7-16(26-21)10-17-18(13-27)20(28)11-19(17)25-12-14-5-4-6-15(23)9-14/h4-9,17-20,25,27-28H,10-13H2,1-3H3/t17-,18-,19-,20-/m1/s1. The van der Waals surface area contributed by atoms with Gasteiger partial charge in [0.05, 0.1) is 6.10 Å². The number of benzene rings is 1. The molecule has 4 atom stereocenters. The number of rotatable bonds is 6. The van der Waals surface area contributed by atoms with E-state index >= 15 is 0 Å². The molecule has 0 radical (unpaired) electrons. The third-order valence-electron chi connectivity index (χ3n) is 5.55. The van der Waals surface area contributed by atoms with Crippen molar-refractivity contribution in [2.75, 3.05) is 6.61 Å². The number of hydrogen-bond donors (Lipinski definition) is 3. The van der Waals surface area contributed by atoms with E-state index < -0.39 is 6.10 Å². The summed E-state index contributed by atoms with van der Waals surface area (Å²) in [7, 11) is 0. The van der Waals surface area contributed by atoms with Gasteiger partial charge >= 0.3 is 0 Å². The summed E-state index contributed by atoms with van der Waals surface area (Å²) >= 11 is 0. The lowest BCUT2D eigenvalue weighted by Gasteiger charge is -2.25. The van der Waals surface area contributed by atoms with Gasteiger partial charge in [-0.1, -0.05) is 32.9 Å². The Bertz CT molecular complexity index is 793. The van der Waals surface area contributed by atoms with Crippen molar-refractivity contribution in [3.8, 4) is 0 Å². The molecule has 0 spiro atoms. The van der Waals surface area contributed by atoms with Crippen molar-refractivity contribution >= 4 is 0 Å². The van der Waals surface area contributed by atoms with Gasteiger partial charge in [0.1, 0.15) is 11.6 Å². The van der Waals surface area contributed by atoms with Crippen molar-refractivity contribution in [3.63, 3.8) is 0 Å². The first-order valence-corrected chi connectivity index (χ1v) is 9.87. The molecule has 1 fully saturated rings. The highest BCUT2D eigenvalue weighted by atomic mass is 19.1. The van der Waals surface area contributed by atoms with E-state index in [4.69, 9.17) is 4.98 Å². The first-order chi connectivity index (χ1) is 13.3. The van der Waals surface area contributed by atoms with Gasteiger partial charge in [-0.15, -0.1) is 0 Å². The topological polar surface area (TPSA) is 78.3 Å². The number of nitrogens with zero attached hydrogens (tertiary/aromatic N) is 2.